The van der Waals surface area contributed by atoms with Gasteiger partial charge >= 0.3 is 0 Å². The number of nitrogens with zero attached hydrogens (tertiary/aromatic N) is 3. The van der Waals surface area contributed by atoms with E-state index >= 15 is 0 Å². The fourth-order valence-electron chi connectivity index (χ4n) is 1.28. The van der Waals surface area contributed by atoms with Gasteiger partial charge in [-0.15, -0.1) is 11.8 Å². The molecule has 0 fully saturated rings. The van der Waals surface area contributed by atoms with Crippen LogP contribution in [-0.2, 0) is 0 Å². The van der Waals surface area contributed by atoms with E-state index in [1.807, 2.05) is 0 Å². The van der Waals surface area contributed by atoms with Crippen molar-refractivity contribution in [3.05, 3.63) is 29.6 Å². The van der Waals surface area contributed by atoms with E-state index in [0.29, 0.717) is 10.5 Å². The van der Waals surface area contributed by atoms with Crippen LogP contribution >= 0.6 is 11.8 Å². The third-order valence-electron chi connectivity index (χ3n) is 1.87. The lowest BCUT2D eigenvalue weighted by Crippen LogP contribution is -2.07. The van der Waals surface area contributed by atoms with Crippen molar-refractivity contribution < 1.29 is 5.21 Å². The Labute approximate surface area is 84.5 Å². The van der Waals surface area contributed by atoms with Gasteiger partial charge in [-0.3, -0.25) is 5.21 Å². The molecule has 0 aliphatic carbocycles. The van der Waals surface area contributed by atoms with Gasteiger partial charge in [-0.2, -0.15) is 5.10 Å². The highest BCUT2D eigenvalue weighted by molar-refractivity contribution is 7.98. The molecule has 0 bridgehead atoms. The van der Waals surface area contributed by atoms with Crippen molar-refractivity contribution in [1.82, 2.24) is 9.61 Å². The topological polar surface area (TPSA) is 63.8 Å². The van der Waals surface area contributed by atoms with Crippen molar-refractivity contribution in [3.63, 3.8) is 0 Å². The summed E-state index contributed by atoms with van der Waals surface area (Å²) < 4.78 is 1.56. The minimum absolute atomic E-state index is 0.145. The molecule has 1 N–H and O–H groups in total. The molecule has 0 aliphatic heterocycles. The van der Waals surface area contributed by atoms with Crippen LogP contribution in [0.2, 0.25) is 0 Å². The summed E-state index contributed by atoms with van der Waals surface area (Å²) in [6.45, 7) is 0. The van der Waals surface area contributed by atoms with Crippen molar-refractivity contribution in [2.24, 2.45) is 0 Å². The first-order chi connectivity index (χ1) is 6.74. The molecule has 0 amide bonds. The summed E-state index contributed by atoms with van der Waals surface area (Å²) in [7, 11) is 0. The fourth-order valence-corrected chi connectivity index (χ4v) is 1.83. The number of hydrogen-bond donors (Lipinski definition) is 1. The van der Waals surface area contributed by atoms with Crippen molar-refractivity contribution in [3.8, 4) is 0 Å². The number of hydrogen-bond acceptors (Lipinski definition) is 5. The third kappa shape index (κ3) is 1.33. The molecule has 0 radical (unpaired) electrons. The number of pyridine rings is 1. The highest BCUT2D eigenvalue weighted by atomic mass is 32.2. The predicted molar refractivity (Wildman–Crippen MR) is 54.6 cm³/mol. The van der Waals surface area contributed by atoms with E-state index in [1.165, 1.54) is 11.8 Å². The first-order valence-corrected chi connectivity index (χ1v) is 5.14. The maximum absolute atomic E-state index is 10.9. The SMILES string of the molecule is CSc1nn2ccccc2c1N([O-])O. The van der Waals surface area contributed by atoms with Crippen molar-refractivity contribution in [2.45, 2.75) is 5.03 Å². The van der Waals surface area contributed by atoms with Crippen LogP contribution in [0.3, 0.4) is 0 Å². The molecule has 2 aromatic heterocycles. The zero-order chi connectivity index (χ0) is 10.1. The lowest BCUT2D eigenvalue weighted by atomic mass is 10.4. The quantitative estimate of drug-likeness (QED) is 0.604. The zero-order valence-corrected chi connectivity index (χ0v) is 8.23. The number of aromatic nitrogens is 2. The molecule has 2 aromatic rings. The lowest BCUT2D eigenvalue weighted by Gasteiger charge is -2.20. The van der Waals surface area contributed by atoms with E-state index in [2.05, 4.69) is 5.10 Å². The highest BCUT2D eigenvalue weighted by Gasteiger charge is 2.11. The van der Waals surface area contributed by atoms with Gasteiger partial charge in [0.1, 0.15) is 10.7 Å². The second kappa shape index (κ2) is 3.49. The molecule has 74 valence electrons. The minimum Gasteiger partial charge on any atom is -0.733 e. The van der Waals surface area contributed by atoms with Crippen LogP contribution in [0.15, 0.2) is 29.4 Å². The normalized spacial score (nSPS) is 10.8. The second-order valence-electron chi connectivity index (χ2n) is 2.66. The number of anilines is 1. The molecule has 0 saturated carbocycles. The molecule has 2 heterocycles. The summed E-state index contributed by atoms with van der Waals surface area (Å²) in [5.41, 5.74) is 0.785. The van der Waals surface area contributed by atoms with Crippen LogP contribution in [-0.4, -0.2) is 21.1 Å². The Hall–Kier alpha value is -1.24. The zero-order valence-electron chi connectivity index (χ0n) is 7.41. The molecular weight excluding hydrogens is 202 g/mol. The molecule has 0 atom stereocenters. The summed E-state index contributed by atoms with van der Waals surface area (Å²) >= 11 is 1.32. The van der Waals surface area contributed by atoms with Gasteiger partial charge < -0.3 is 10.4 Å². The van der Waals surface area contributed by atoms with Crippen molar-refractivity contribution in [1.29, 1.82) is 0 Å². The van der Waals surface area contributed by atoms with E-state index in [9.17, 15) is 5.21 Å². The van der Waals surface area contributed by atoms with Gasteiger partial charge in [-0.05, 0) is 18.4 Å². The van der Waals surface area contributed by atoms with E-state index in [1.54, 1.807) is 35.2 Å². The van der Waals surface area contributed by atoms with Gasteiger partial charge in [-0.1, -0.05) is 6.07 Å². The average molecular weight is 210 g/mol. The van der Waals surface area contributed by atoms with Crippen LogP contribution in [0, 0.1) is 5.21 Å². The van der Waals surface area contributed by atoms with E-state index < -0.39 is 0 Å². The minimum atomic E-state index is -0.145. The van der Waals surface area contributed by atoms with Crippen molar-refractivity contribution in [2.75, 3.05) is 11.5 Å². The number of rotatable bonds is 2. The van der Waals surface area contributed by atoms with Crippen LogP contribution in [0.5, 0.6) is 0 Å². The molecule has 0 spiro atoms. The fraction of sp³-hybridized carbons (Fsp3) is 0.125. The summed E-state index contributed by atoms with van der Waals surface area (Å²) in [4.78, 5) is 0. The standard InChI is InChI=1S/C8H8N3O2S/c1-14-8-7(11(12)13)6-4-2-3-5-10(6)9-8/h2-5,12H,1H3/q-1. The molecule has 5 nitrogen and oxygen atoms in total. The average Bonchev–Trinajstić information content (AvgIpc) is 2.55. The molecule has 2 rings (SSSR count). The second-order valence-corrected chi connectivity index (χ2v) is 3.46. The van der Waals surface area contributed by atoms with Gasteiger partial charge in [0.15, 0.2) is 0 Å². The lowest BCUT2D eigenvalue weighted by molar-refractivity contribution is 0.295. The molecule has 0 unspecified atom stereocenters. The van der Waals surface area contributed by atoms with E-state index in [-0.39, 0.29) is 10.9 Å². The van der Waals surface area contributed by atoms with Gasteiger partial charge in [0.2, 0.25) is 0 Å². The maximum Gasteiger partial charge on any atom is 0.144 e. The largest absolute Gasteiger partial charge is 0.733 e. The molecule has 0 aromatic carbocycles. The molecule has 6 heteroatoms. The predicted octanol–water partition coefficient (Wildman–Crippen LogP) is 1.75. The Morgan fingerprint density at radius 2 is 2.36 bits per heavy atom. The smallest absolute Gasteiger partial charge is 0.144 e. The Kier molecular flexibility index (Phi) is 2.32. The van der Waals surface area contributed by atoms with Gasteiger partial charge in [0, 0.05) is 6.20 Å². The third-order valence-corrected chi connectivity index (χ3v) is 2.53. The van der Waals surface area contributed by atoms with Gasteiger partial charge in [0.05, 0.1) is 5.52 Å². The molecular formula is C8H8N3O2S-. The van der Waals surface area contributed by atoms with Crippen LogP contribution < -0.4 is 5.23 Å². The maximum atomic E-state index is 10.9. The molecule has 0 saturated heterocycles. The van der Waals surface area contributed by atoms with E-state index in [4.69, 9.17) is 5.21 Å². The summed E-state index contributed by atoms with van der Waals surface area (Å²) in [6, 6.07) is 5.32. The Balaban J connectivity index is 2.74. The first kappa shape index (κ1) is 9.32. The number of thioether (sulfide) groups is 1. The summed E-state index contributed by atoms with van der Waals surface area (Å²) in [6.07, 6.45) is 3.52. The summed E-state index contributed by atoms with van der Waals surface area (Å²) in [5.74, 6) is 0. The van der Waals surface area contributed by atoms with Crippen molar-refractivity contribution >= 4 is 23.0 Å². The van der Waals surface area contributed by atoms with Gasteiger partial charge in [0.25, 0.3) is 0 Å². The molecule has 14 heavy (non-hydrogen) atoms. The molecule has 0 aliphatic rings. The Morgan fingerprint density at radius 3 is 3.00 bits per heavy atom. The van der Waals surface area contributed by atoms with E-state index in [0.717, 1.165) is 0 Å². The number of fused-ring (bicyclic) bond motifs is 1. The monoisotopic (exact) mass is 210 g/mol. The highest BCUT2D eigenvalue weighted by Crippen LogP contribution is 2.30. The Morgan fingerprint density at radius 1 is 1.57 bits per heavy atom. The summed E-state index contributed by atoms with van der Waals surface area (Å²) in [5, 5.41) is 24.3. The van der Waals surface area contributed by atoms with Crippen LogP contribution in [0.1, 0.15) is 0 Å². The van der Waals surface area contributed by atoms with Crippen LogP contribution in [0.25, 0.3) is 5.52 Å². The Bertz CT molecular complexity index is 455. The van der Waals surface area contributed by atoms with Crippen LogP contribution in [0.4, 0.5) is 5.69 Å². The first-order valence-electron chi connectivity index (χ1n) is 3.91. The van der Waals surface area contributed by atoms with Gasteiger partial charge in [-0.25, -0.2) is 4.52 Å².